The van der Waals surface area contributed by atoms with Crippen molar-refractivity contribution in [3.05, 3.63) is 93.6 Å². The number of hydrogen-bond donors (Lipinski definition) is 0. The van der Waals surface area contributed by atoms with E-state index in [9.17, 15) is 13.6 Å². The second-order valence-electron chi connectivity index (χ2n) is 8.39. The second-order valence-corrected chi connectivity index (χ2v) is 8.39. The van der Waals surface area contributed by atoms with E-state index in [2.05, 4.69) is 22.9 Å². The highest BCUT2D eigenvalue weighted by Gasteiger charge is 2.29. The molecule has 2 aromatic rings. The molecule has 2 aromatic carbocycles. The Morgan fingerprint density at radius 1 is 0.710 bits per heavy atom. The van der Waals surface area contributed by atoms with Crippen molar-refractivity contribution < 1.29 is 13.6 Å². The Kier molecular flexibility index (Phi) is 6.25. The molecule has 0 N–H and O–H groups in total. The van der Waals surface area contributed by atoms with Crippen LogP contribution in [0.4, 0.5) is 8.78 Å². The van der Waals surface area contributed by atoms with Crippen molar-refractivity contribution in [3.8, 4) is 0 Å². The molecule has 0 bridgehead atoms. The van der Waals surface area contributed by atoms with Crippen LogP contribution in [0.15, 0.2) is 70.8 Å². The van der Waals surface area contributed by atoms with E-state index in [4.69, 9.17) is 0 Å². The highest BCUT2D eigenvalue weighted by atomic mass is 19.1. The summed E-state index contributed by atoms with van der Waals surface area (Å²) < 4.78 is 26.6. The first-order chi connectivity index (χ1) is 14.9. The maximum atomic E-state index is 13.4. The highest BCUT2D eigenvalue weighted by Crippen LogP contribution is 2.31. The molecule has 2 aliphatic rings. The van der Waals surface area contributed by atoms with E-state index in [0.29, 0.717) is 18.7 Å². The van der Waals surface area contributed by atoms with Crippen molar-refractivity contribution in [2.75, 3.05) is 40.3 Å². The normalized spacial score (nSPS) is 23.7. The molecule has 2 aliphatic heterocycles. The molecule has 0 saturated carbocycles. The van der Waals surface area contributed by atoms with Crippen LogP contribution in [0.5, 0.6) is 0 Å². The van der Waals surface area contributed by atoms with Gasteiger partial charge < -0.3 is 4.90 Å². The van der Waals surface area contributed by atoms with Gasteiger partial charge in [-0.3, -0.25) is 9.69 Å². The predicted octanol–water partition coefficient (Wildman–Crippen LogP) is 4.58. The van der Waals surface area contributed by atoms with Crippen molar-refractivity contribution in [1.29, 1.82) is 0 Å². The smallest absolute Gasteiger partial charge is 0.187 e. The molecule has 160 valence electrons. The van der Waals surface area contributed by atoms with Crippen LogP contribution in [0.25, 0.3) is 12.2 Å². The number of likely N-dealkylation sites (tertiary alicyclic amines) is 2. The van der Waals surface area contributed by atoms with Crippen LogP contribution in [0, 0.1) is 11.6 Å². The van der Waals surface area contributed by atoms with E-state index in [-0.39, 0.29) is 17.4 Å². The van der Waals surface area contributed by atoms with Gasteiger partial charge in [0.15, 0.2) is 5.78 Å². The Balaban J connectivity index is 1.73. The molecule has 31 heavy (non-hydrogen) atoms. The Morgan fingerprint density at radius 2 is 1.23 bits per heavy atom. The van der Waals surface area contributed by atoms with Gasteiger partial charge in [0.25, 0.3) is 0 Å². The lowest BCUT2D eigenvalue weighted by Crippen LogP contribution is -2.37. The number of piperidine rings is 2. The molecular weight excluding hydrogens is 394 g/mol. The lowest BCUT2D eigenvalue weighted by Gasteiger charge is -2.33. The monoisotopic (exact) mass is 420 g/mol. The van der Waals surface area contributed by atoms with E-state index in [0.717, 1.165) is 47.4 Å². The summed E-state index contributed by atoms with van der Waals surface area (Å²) in [6.07, 6.45) is 4.71. The van der Waals surface area contributed by atoms with Crippen molar-refractivity contribution in [3.63, 3.8) is 0 Å². The molecule has 0 aliphatic carbocycles. The third-order valence-corrected chi connectivity index (χ3v) is 5.79. The summed E-state index contributed by atoms with van der Waals surface area (Å²) >= 11 is 0. The average molecular weight is 421 g/mol. The molecule has 0 spiro atoms. The molecule has 5 heteroatoms. The molecule has 0 aromatic heterocycles. The van der Waals surface area contributed by atoms with E-state index in [1.54, 1.807) is 24.3 Å². The van der Waals surface area contributed by atoms with Gasteiger partial charge in [-0.05, 0) is 73.1 Å². The number of rotatable bonds is 2. The maximum Gasteiger partial charge on any atom is 0.187 e. The van der Waals surface area contributed by atoms with Gasteiger partial charge in [-0.2, -0.15) is 0 Å². The van der Waals surface area contributed by atoms with Gasteiger partial charge in [0, 0.05) is 37.3 Å². The summed E-state index contributed by atoms with van der Waals surface area (Å²) in [5.74, 6) is -0.493. The van der Waals surface area contributed by atoms with Gasteiger partial charge in [0.05, 0.1) is 0 Å². The number of hydrogen-bond acceptors (Lipinski definition) is 3. The van der Waals surface area contributed by atoms with Crippen LogP contribution < -0.4 is 0 Å². The molecule has 0 atom stereocenters. The fourth-order valence-electron chi connectivity index (χ4n) is 4.22. The largest absolute Gasteiger partial charge is 0.302 e. The number of halogens is 2. The lowest BCUT2D eigenvalue weighted by atomic mass is 9.85. The van der Waals surface area contributed by atoms with E-state index in [1.807, 2.05) is 13.1 Å². The van der Waals surface area contributed by atoms with Crippen molar-refractivity contribution in [2.24, 2.45) is 0 Å². The third kappa shape index (κ3) is 5.06. The van der Waals surface area contributed by atoms with Crippen molar-refractivity contribution in [2.45, 2.75) is 6.42 Å². The predicted molar refractivity (Wildman–Crippen MR) is 120 cm³/mol. The fraction of sp³-hybridized carbons (Fsp3) is 0.269. The maximum absolute atomic E-state index is 13.4. The minimum absolute atomic E-state index is 0.0620. The summed E-state index contributed by atoms with van der Waals surface area (Å²) in [4.78, 5) is 17.8. The van der Waals surface area contributed by atoms with Crippen LogP contribution in [0.3, 0.4) is 0 Å². The fourth-order valence-corrected chi connectivity index (χ4v) is 4.22. The first-order valence-electron chi connectivity index (χ1n) is 10.5. The molecule has 0 radical (unpaired) electrons. The minimum Gasteiger partial charge on any atom is -0.302 e. The molecular formula is C26H26F2N2O. The lowest BCUT2D eigenvalue weighted by molar-refractivity contribution is -0.113. The second kappa shape index (κ2) is 9.08. The van der Waals surface area contributed by atoms with Gasteiger partial charge in [0.1, 0.15) is 11.6 Å². The summed E-state index contributed by atoms with van der Waals surface area (Å²) in [5.41, 5.74) is 5.45. The number of Topliss-reactive ketones (excluding diaryl/α,β-unsaturated/α-hetero) is 1. The Labute approximate surface area is 182 Å². The number of benzene rings is 2. The zero-order chi connectivity index (χ0) is 22.0. The van der Waals surface area contributed by atoms with Crippen molar-refractivity contribution in [1.82, 2.24) is 9.80 Å². The standard InChI is InChI=1S/C26H26F2N2O/c1-29-12-11-24(20(15-29)13-18-3-7-22(27)8-4-18)25-17-30(2)16-21(26(25)31)14-19-5-9-23(28)10-6-19/h3-10,13-14H,11-12,15-17H2,1-2H3/b20-13?,21-14+,25-24?. The number of nitrogens with zero attached hydrogens (tertiary/aromatic N) is 2. The number of ketones is 1. The van der Waals surface area contributed by atoms with Gasteiger partial charge in [-0.15, -0.1) is 0 Å². The first-order valence-corrected chi connectivity index (χ1v) is 10.5. The van der Waals surface area contributed by atoms with Crippen molar-refractivity contribution >= 4 is 17.9 Å². The third-order valence-electron chi connectivity index (χ3n) is 5.79. The van der Waals surface area contributed by atoms with Crippen LogP contribution in [-0.4, -0.2) is 55.9 Å². The Morgan fingerprint density at radius 3 is 1.81 bits per heavy atom. The zero-order valence-corrected chi connectivity index (χ0v) is 17.9. The number of carbonyl (C=O) groups excluding carboxylic acids is 1. The molecule has 2 fully saturated rings. The Bertz CT molecular complexity index is 1070. The van der Waals surface area contributed by atoms with E-state index < -0.39 is 0 Å². The summed E-state index contributed by atoms with van der Waals surface area (Å²) in [7, 11) is 4.07. The van der Waals surface area contributed by atoms with Crippen LogP contribution in [0.1, 0.15) is 17.5 Å². The molecule has 0 unspecified atom stereocenters. The molecule has 0 amide bonds. The summed E-state index contributed by atoms with van der Waals surface area (Å²) in [6, 6.07) is 12.6. The Hall–Kier alpha value is -2.89. The van der Waals surface area contributed by atoms with Crippen LogP contribution >= 0.6 is 0 Å². The van der Waals surface area contributed by atoms with Gasteiger partial charge >= 0.3 is 0 Å². The zero-order valence-electron chi connectivity index (χ0n) is 17.9. The topological polar surface area (TPSA) is 23.6 Å². The summed E-state index contributed by atoms with van der Waals surface area (Å²) in [6.45, 7) is 2.78. The highest BCUT2D eigenvalue weighted by molar-refractivity contribution is 6.13. The van der Waals surface area contributed by atoms with Crippen LogP contribution in [0.2, 0.25) is 0 Å². The average Bonchev–Trinajstić information content (AvgIpc) is 2.74. The molecule has 2 saturated heterocycles. The SMILES string of the molecule is CN1CCC(=C2CN(C)C/C(=C\c3ccc(F)cc3)C2=O)C(=Cc2ccc(F)cc2)C1. The van der Waals surface area contributed by atoms with Gasteiger partial charge in [0.2, 0.25) is 0 Å². The van der Waals surface area contributed by atoms with E-state index >= 15 is 0 Å². The first kappa shape index (κ1) is 21.3. The van der Waals surface area contributed by atoms with Gasteiger partial charge in [-0.1, -0.05) is 30.3 Å². The molecule has 4 rings (SSSR count). The van der Waals surface area contributed by atoms with Gasteiger partial charge in [-0.25, -0.2) is 8.78 Å². The number of carbonyl (C=O) groups is 1. The molecule has 2 heterocycles. The quantitative estimate of drug-likeness (QED) is 0.665. The van der Waals surface area contributed by atoms with Crippen LogP contribution in [-0.2, 0) is 4.79 Å². The number of likely N-dealkylation sites (N-methyl/N-ethyl adjacent to an activating group) is 2. The molecule has 3 nitrogen and oxygen atoms in total. The minimum atomic E-state index is -0.293. The summed E-state index contributed by atoms with van der Waals surface area (Å²) in [5, 5.41) is 0. The van der Waals surface area contributed by atoms with E-state index in [1.165, 1.54) is 24.3 Å².